The van der Waals surface area contributed by atoms with Crippen molar-refractivity contribution in [2.75, 3.05) is 5.32 Å². The molecule has 2 aromatic carbocycles. The largest absolute Gasteiger partial charge is 0.479 e. The summed E-state index contributed by atoms with van der Waals surface area (Å²) >= 11 is 9.51. The fourth-order valence-corrected chi connectivity index (χ4v) is 2.80. The molecule has 2 aromatic rings. The van der Waals surface area contributed by atoms with Crippen LogP contribution in [-0.4, -0.2) is 11.1 Å². The maximum atomic E-state index is 11.7. The number of carboxylic acids is 1. The number of hydrogen-bond donors (Lipinski definition) is 2. The summed E-state index contributed by atoms with van der Waals surface area (Å²) < 4.78 is 0.804. The molecule has 5 heteroatoms. The van der Waals surface area contributed by atoms with Crippen LogP contribution in [0.1, 0.15) is 12.5 Å². The van der Waals surface area contributed by atoms with Crippen LogP contribution < -0.4 is 5.32 Å². The lowest BCUT2D eigenvalue weighted by Gasteiger charge is -2.29. The number of carbonyl (C=O) groups is 1. The number of halogens is 2. The Bertz CT molecular complexity index is 633. The first-order valence-electron chi connectivity index (χ1n) is 5.95. The summed E-state index contributed by atoms with van der Waals surface area (Å²) in [7, 11) is 0. The number of anilines is 1. The summed E-state index contributed by atoms with van der Waals surface area (Å²) in [6.45, 7) is 1.59. The van der Waals surface area contributed by atoms with E-state index in [-0.39, 0.29) is 0 Å². The molecule has 0 heterocycles. The molecular formula is C15H13BrClNO2. The number of benzene rings is 2. The lowest BCUT2D eigenvalue weighted by atomic mass is 9.91. The molecular weight excluding hydrogens is 342 g/mol. The van der Waals surface area contributed by atoms with Gasteiger partial charge in [0.25, 0.3) is 0 Å². The van der Waals surface area contributed by atoms with Gasteiger partial charge in [-0.25, -0.2) is 4.79 Å². The number of carboxylic acid groups (broad SMARTS) is 1. The minimum absolute atomic E-state index is 0.396. The van der Waals surface area contributed by atoms with Gasteiger partial charge in [0.1, 0.15) is 0 Å². The fourth-order valence-electron chi connectivity index (χ4n) is 1.94. The molecule has 0 fully saturated rings. The van der Waals surface area contributed by atoms with Crippen LogP contribution in [-0.2, 0) is 10.3 Å². The van der Waals surface area contributed by atoms with Crippen molar-refractivity contribution in [1.82, 2.24) is 0 Å². The van der Waals surface area contributed by atoms with Crippen LogP contribution in [0.4, 0.5) is 5.69 Å². The zero-order valence-corrected chi connectivity index (χ0v) is 13.1. The van der Waals surface area contributed by atoms with Gasteiger partial charge in [0.15, 0.2) is 5.54 Å². The Kier molecular flexibility index (Phi) is 4.35. The Labute approximate surface area is 130 Å². The summed E-state index contributed by atoms with van der Waals surface area (Å²) in [5, 5.41) is 13.0. The Balaban J connectivity index is 2.47. The monoisotopic (exact) mass is 353 g/mol. The smallest absolute Gasteiger partial charge is 0.333 e. The summed E-state index contributed by atoms with van der Waals surface area (Å²) in [6, 6.07) is 14.3. The van der Waals surface area contributed by atoms with Gasteiger partial charge in [-0.1, -0.05) is 51.8 Å². The molecule has 0 spiro atoms. The average molecular weight is 355 g/mol. The zero-order chi connectivity index (χ0) is 14.8. The van der Waals surface area contributed by atoms with Crippen LogP contribution in [0.5, 0.6) is 0 Å². The van der Waals surface area contributed by atoms with E-state index in [4.69, 9.17) is 11.6 Å². The highest BCUT2D eigenvalue weighted by Gasteiger charge is 2.37. The highest BCUT2D eigenvalue weighted by molar-refractivity contribution is 9.10. The highest BCUT2D eigenvalue weighted by Crippen LogP contribution is 2.33. The first kappa shape index (κ1) is 14.9. The van der Waals surface area contributed by atoms with Crippen molar-refractivity contribution in [3.63, 3.8) is 0 Å². The van der Waals surface area contributed by atoms with Gasteiger partial charge in [0, 0.05) is 20.7 Å². The molecule has 0 saturated heterocycles. The minimum Gasteiger partial charge on any atom is -0.479 e. The lowest BCUT2D eigenvalue weighted by Crippen LogP contribution is -2.40. The van der Waals surface area contributed by atoms with E-state index in [1.807, 2.05) is 30.3 Å². The van der Waals surface area contributed by atoms with Crippen LogP contribution in [0, 0.1) is 0 Å². The van der Waals surface area contributed by atoms with E-state index in [9.17, 15) is 9.90 Å². The first-order valence-corrected chi connectivity index (χ1v) is 7.13. The molecule has 0 bridgehead atoms. The Morgan fingerprint density at radius 1 is 1.25 bits per heavy atom. The average Bonchev–Trinajstić information content (AvgIpc) is 2.39. The molecule has 2 rings (SSSR count). The molecule has 0 saturated carbocycles. The van der Waals surface area contributed by atoms with Gasteiger partial charge in [-0.3, -0.25) is 0 Å². The Morgan fingerprint density at radius 3 is 2.45 bits per heavy atom. The number of hydrogen-bond acceptors (Lipinski definition) is 2. The second-order valence-corrected chi connectivity index (χ2v) is 5.87. The molecule has 0 amide bonds. The normalized spacial score (nSPS) is 13.6. The fraction of sp³-hybridized carbons (Fsp3) is 0.133. The molecule has 0 aromatic heterocycles. The third-order valence-corrected chi connectivity index (χ3v) is 3.87. The van der Waals surface area contributed by atoms with Crippen LogP contribution in [0.3, 0.4) is 0 Å². The van der Waals surface area contributed by atoms with Crippen molar-refractivity contribution < 1.29 is 9.90 Å². The van der Waals surface area contributed by atoms with Crippen molar-refractivity contribution in [3.05, 3.63) is 63.6 Å². The van der Waals surface area contributed by atoms with Gasteiger partial charge >= 0.3 is 5.97 Å². The van der Waals surface area contributed by atoms with Crippen molar-refractivity contribution in [2.24, 2.45) is 0 Å². The molecule has 0 aliphatic rings. The molecule has 0 radical (unpaired) electrons. The number of aliphatic carboxylic acids is 1. The Hall–Kier alpha value is -1.52. The standard InChI is InChI=1S/C15H13BrClNO2/c1-15(14(19)20,18-11-5-3-2-4-6-11)12-8-7-10(16)9-13(12)17/h2-9,18H,1H3,(H,19,20). The second-order valence-electron chi connectivity index (χ2n) is 4.55. The van der Waals surface area contributed by atoms with Gasteiger partial charge in [-0.2, -0.15) is 0 Å². The number of para-hydroxylation sites is 1. The van der Waals surface area contributed by atoms with E-state index in [0.29, 0.717) is 10.6 Å². The number of nitrogens with one attached hydrogen (secondary N) is 1. The molecule has 1 atom stereocenters. The zero-order valence-electron chi connectivity index (χ0n) is 10.7. The van der Waals surface area contributed by atoms with Crippen LogP contribution in [0.25, 0.3) is 0 Å². The third kappa shape index (κ3) is 2.97. The molecule has 3 nitrogen and oxygen atoms in total. The molecule has 1 unspecified atom stereocenters. The van der Waals surface area contributed by atoms with Crippen molar-refractivity contribution in [3.8, 4) is 0 Å². The van der Waals surface area contributed by atoms with E-state index in [0.717, 1.165) is 10.2 Å². The summed E-state index contributed by atoms with van der Waals surface area (Å²) in [4.78, 5) is 11.7. The van der Waals surface area contributed by atoms with Crippen LogP contribution in [0.2, 0.25) is 5.02 Å². The SMILES string of the molecule is CC(Nc1ccccc1)(C(=O)O)c1ccc(Br)cc1Cl. The van der Waals surface area contributed by atoms with Crippen LogP contribution in [0.15, 0.2) is 53.0 Å². The Morgan fingerprint density at radius 2 is 1.90 bits per heavy atom. The summed E-state index contributed by atoms with van der Waals surface area (Å²) in [5.74, 6) is -0.995. The van der Waals surface area contributed by atoms with E-state index < -0.39 is 11.5 Å². The maximum Gasteiger partial charge on any atom is 0.333 e. The molecule has 2 N–H and O–H groups in total. The lowest BCUT2D eigenvalue weighted by molar-refractivity contribution is -0.142. The van der Waals surface area contributed by atoms with E-state index in [1.54, 1.807) is 25.1 Å². The van der Waals surface area contributed by atoms with Crippen molar-refractivity contribution in [2.45, 2.75) is 12.5 Å². The van der Waals surface area contributed by atoms with Crippen LogP contribution >= 0.6 is 27.5 Å². The van der Waals surface area contributed by atoms with Crippen molar-refractivity contribution in [1.29, 1.82) is 0 Å². The van der Waals surface area contributed by atoms with Gasteiger partial charge in [0.2, 0.25) is 0 Å². The molecule has 0 aliphatic carbocycles. The first-order chi connectivity index (χ1) is 9.43. The maximum absolute atomic E-state index is 11.7. The van der Waals surface area contributed by atoms with E-state index in [2.05, 4.69) is 21.2 Å². The van der Waals surface area contributed by atoms with E-state index in [1.165, 1.54) is 0 Å². The van der Waals surface area contributed by atoms with Gasteiger partial charge in [-0.05, 0) is 31.2 Å². The predicted molar refractivity (Wildman–Crippen MR) is 84.2 cm³/mol. The second kappa shape index (κ2) is 5.85. The molecule has 20 heavy (non-hydrogen) atoms. The van der Waals surface area contributed by atoms with Gasteiger partial charge in [0.05, 0.1) is 0 Å². The number of rotatable bonds is 4. The molecule has 104 valence electrons. The van der Waals surface area contributed by atoms with E-state index >= 15 is 0 Å². The summed E-state index contributed by atoms with van der Waals surface area (Å²) in [6.07, 6.45) is 0. The molecule has 0 aliphatic heterocycles. The van der Waals surface area contributed by atoms with Crippen molar-refractivity contribution >= 4 is 39.2 Å². The highest BCUT2D eigenvalue weighted by atomic mass is 79.9. The minimum atomic E-state index is -1.31. The van der Waals surface area contributed by atoms with Gasteiger partial charge < -0.3 is 10.4 Å². The van der Waals surface area contributed by atoms with Gasteiger partial charge in [-0.15, -0.1) is 0 Å². The third-order valence-electron chi connectivity index (χ3n) is 3.07. The summed E-state index contributed by atoms with van der Waals surface area (Å²) in [5.41, 5.74) is -0.0748. The predicted octanol–water partition coefficient (Wildman–Crippen LogP) is 4.51. The topological polar surface area (TPSA) is 49.3 Å². The quantitative estimate of drug-likeness (QED) is 0.849.